The number of rotatable bonds is 5. The highest BCUT2D eigenvalue weighted by Crippen LogP contribution is 2.31. The molecule has 168 valence electrons. The lowest BCUT2D eigenvalue weighted by atomic mass is 9.94. The molecule has 0 aliphatic carbocycles. The molecule has 0 aromatic heterocycles. The van der Waals surface area contributed by atoms with Crippen LogP contribution >= 0.6 is 0 Å². The monoisotopic (exact) mass is 432 g/mol. The number of benzene rings is 1. The zero-order valence-electron chi connectivity index (χ0n) is 18.2. The highest BCUT2D eigenvalue weighted by atomic mass is 19.1. The Labute approximate surface area is 181 Å². The Hall–Kier alpha value is -3.02. The molecule has 2 fully saturated rings. The van der Waals surface area contributed by atoms with E-state index < -0.39 is 29.6 Å². The Morgan fingerprint density at radius 2 is 2.03 bits per heavy atom. The molecule has 1 aromatic rings. The minimum atomic E-state index is -1.09. The van der Waals surface area contributed by atoms with Crippen LogP contribution in [0.1, 0.15) is 40.0 Å². The van der Waals surface area contributed by atoms with E-state index in [0.717, 1.165) is 12.8 Å². The molecule has 0 radical (unpaired) electrons. The number of anilines is 2. The first-order valence-electron chi connectivity index (χ1n) is 10.5. The summed E-state index contributed by atoms with van der Waals surface area (Å²) in [4.78, 5) is 28.4. The molecule has 31 heavy (non-hydrogen) atoms. The summed E-state index contributed by atoms with van der Waals surface area (Å²) in [5.41, 5.74) is 0.221. The van der Waals surface area contributed by atoms with Crippen LogP contribution in [0.25, 0.3) is 0 Å². The Balaban J connectivity index is 1.67. The van der Waals surface area contributed by atoms with Crippen molar-refractivity contribution in [1.29, 1.82) is 5.26 Å². The van der Waals surface area contributed by atoms with Crippen LogP contribution in [0.15, 0.2) is 18.2 Å². The maximum absolute atomic E-state index is 14.9. The van der Waals surface area contributed by atoms with Crippen LogP contribution in [0.2, 0.25) is 0 Å². The van der Waals surface area contributed by atoms with Gasteiger partial charge >= 0.3 is 12.2 Å². The first kappa shape index (κ1) is 22.7. The van der Waals surface area contributed by atoms with E-state index in [0.29, 0.717) is 36.8 Å². The van der Waals surface area contributed by atoms with E-state index >= 15 is 0 Å². The number of carbonyl (C=O) groups excluding carboxylic acids is 1. The Bertz CT molecular complexity index is 871. The molecular formula is C22H29FN4O4. The summed E-state index contributed by atoms with van der Waals surface area (Å²) >= 11 is 0. The predicted molar refractivity (Wildman–Crippen MR) is 114 cm³/mol. The molecule has 2 aliphatic heterocycles. The Morgan fingerprint density at radius 1 is 1.35 bits per heavy atom. The third kappa shape index (κ3) is 5.19. The highest BCUT2D eigenvalue weighted by molar-refractivity contribution is 5.90. The van der Waals surface area contributed by atoms with Crippen molar-refractivity contribution in [2.45, 2.75) is 51.7 Å². The van der Waals surface area contributed by atoms with Gasteiger partial charge in [0.1, 0.15) is 11.9 Å². The van der Waals surface area contributed by atoms with Gasteiger partial charge in [0.2, 0.25) is 0 Å². The molecule has 1 N–H and O–H groups in total. The minimum absolute atomic E-state index is 0.0410. The number of hydrogen-bond acceptors (Lipinski definition) is 5. The molecule has 0 saturated carbocycles. The molecular weight excluding hydrogens is 403 g/mol. The van der Waals surface area contributed by atoms with E-state index in [4.69, 9.17) is 10.00 Å². The summed E-state index contributed by atoms with van der Waals surface area (Å²) < 4.78 is 20.2. The summed E-state index contributed by atoms with van der Waals surface area (Å²) in [6, 6.07) is 6.86. The second-order valence-electron chi connectivity index (χ2n) is 9.11. The van der Waals surface area contributed by atoms with Crippen molar-refractivity contribution in [3.05, 3.63) is 24.0 Å². The molecule has 0 unspecified atom stereocenters. The van der Waals surface area contributed by atoms with Gasteiger partial charge in [-0.05, 0) is 57.7 Å². The van der Waals surface area contributed by atoms with E-state index in [9.17, 15) is 19.1 Å². The van der Waals surface area contributed by atoms with Crippen molar-refractivity contribution in [3.63, 3.8) is 0 Å². The zero-order chi connectivity index (χ0) is 22.8. The van der Waals surface area contributed by atoms with Gasteiger partial charge in [0.05, 0.1) is 30.5 Å². The second-order valence-corrected chi connectivity index (χ2v) is 9.11. The molecule has 0 bridgehead atoms. The first-order chi connectivity index (χ1) is 14.6. The third-order valence-electron chi connectivity index (χ3n) is 5.88. The normalized spacial score (nSPS) is 19.8. The fourth-order valence-corrected chi connectivity index (χ4v) is 4.10. The molecule has 2 aliphatic rings. The SMILES string of the molecule is CC(C)(C)N(C[C@@H]1CN(c2ccc(N3CCC(CC#N)CC3)c(F)c2)C(=O)O1)C(=O)O. The van der Waals surface area contributed by atoms with Gasteiger partial charge in [0, 0.05) is 25.0 Å². The highest BCUT2D eigenvalue weighted by Gasteiger charge is 2.37. The molecule has 3 rings (SSSR count). The van der Waals surface area contributed by atoms with Crippen LogP contribution in [0.5, 0.6) is 0 Å². The Morgan fingerprint density at radius 3 is 2.58 bits per heavy atom. The van der Waals surface area contributed by atoms with Crippen LogP contribution in [0.3, 0.4) is 0 Å². The first-order valence-corrected chi connectivity index (χ1v) is 10.5. The van der Waals surface area contributed by atoms with E-state index in [1.165, 1.54) is 15.9 Å². The van der Waals surface area contributed by atoms with Crippen molar-refractivity contribution in [2.24, 2.45) is 5.92 Å². The minimum Gasteiger partial charge on any atom is -0.465 e. The van der Waals surface area contributed by atoms with Crippen molar-refractivity contribution in [3.8, 4) is 6.07 Å². The zero-order valence-corrected chi connectivity index (χ0v) is 18.2. The maximum Gasteiger partial charge on any atom is 0.414 e. The van der Waals surface area contributed by atoms with Crippen LogP contribution in [-0.2, 0) is 4.74 Å². The van der Waals surface area contributed by atoms with Crippen molar-refractivity contribution < 1.29 is 23.8 Å². The smallest absolute Gasteiger partial charge is 0.414 e. The number of carbonyl (C=O) groups is 2. The van der Waals surface area contributed by atoms with E-state index in [-0.39, 0.29) is 13.1 Å². The van der Waals surface area contributed by atoms with Crippen molar-refractivity contribution in [2.75, 3.05) is 36.0 Å². The van der Waals surface area contributed by atoms with Crippen LogP contribution in [0.4, 0.5) is 25.4 Å². The van der Waals surface area contributed by atoms with E-state index in [1.54, 1.807) is 32.9 Å². The maximum atomic E-state index is 14.9. The number of piperidine rings is 1. The number of carboxylic acid groups (broad SMARTS) is 1. The predicted octanol–water partition coefficient (Wildman–Crippen LogP) is 4.06. The standard InChI is InChI=1S/C22H29FN4O4/c1-22(2,3)27(20(28)29)14-17-13-26(21(30)31-17)16-4-5-19(18(23)12-16)25-10-7-15(6-9-24)8-11-25/h4-5,12,15,17H,6-8,10-11,13-14H2,1-3H3,(H,28,29)/t17-/m0/s1. The summed E-state index contributed by atoms with van der Waals surface area (Å²) in [7, 11) is 0. The third-order valence-corrected chi connectivity index (χ3v) is 5.88. The lowest BCUT2D eigenvalue weighted by Crippen LogP contribution is -2.49. The summed E-state index contributed by atoms with van der Waals surface area (Å²) in [5.74, 6) is -0.0623. The number of ether oxygens (including phenoxy) is 1. The van der Waals surface area contributed by atoms with Gasteiger partial charge in [-0.25, -0.2) is 14.0 Å². The second kappa shape index (κ2) is 9.00. The van der Waals surface area contributed by atoms with Gasteiger partial charge in [-0.1, -0.05) is 0 Å². The quantitative estimate of drug-likeness (QED) is 0.754. The largest absolute Gasteiger partial charge is 0.465 e. The van der Waals surface area contributed by atoms with Gasteiger partial charge in [-0.2, -0.15) is 5.26 Å². The fraction of sp³-hybridized carbons (Fsp3) is 0.591. The number of cyclic esters (lactones) is 1. The number of halogens is 1. The van der Waals surface area contributed by atoms with Gasteiger partial charge in [0.15, 0.2) is 0 Å². The molecule has 2 amide bonds. The summed E-state index contributed by atoms with van der Waals surface area (Å²) in [5, 5.41) is 18.3. The average molecular weight is 432 g/mol. The Kier molecular flexibility index (Phi) is 6.58. The molecule has 1 aromatic carbocycles. The van der Waals surface area contributed by atoms with Crippen molar-refractivity contribution >= 4 is 23.6 Å². The van der Waals surface area contributed by atoms with Gasteiger partial charge < -0.3 is 14.7 Å². The van der Waals surface area contributed by atoms with Gasteiger partial charge in [-0.15, -0.1) is 0 Å². The van der Waals surface area contributed by atoms with Crippen molar-refractivity contribution in [1.82, 2.24) is 4.90 Å². The number of hydrogen-bond donors (Lipinski definition) is 1. The molecule has 2 heterocycles. The van der Waals surface area contributed by atoms with Crippen LogP contribution in [-0.4, -0.2) is 60.0 Å². The topological polar surface area (TPSA) is 97.1 Å². The van der Waals surface area contributed by atoms with E-state index in [2.05, 4.69) is 6.07 Å². The van der Waals surface area contributed by atoms with Gasteiger partial charge in [0.25, 0.3) is 0 Å². The van der Waals surface area contributed by atoms with E-state index in [1.807, 2.05) is 4.90 Å². The molecule has 1 atom stereocenters. The average Bonchev–Trinajstić information content (AvgIpc) is 3.06. The summed E-state index contributed by atoms with van der Waals surface area (Å²) in [6.45, 7) is 6.88. The molecule has 0 spiro atoms. The molecule has 2 saturated heterocycles. The number of nitrogens with zero attached hydrogens (tertiary/aromatic N) is 4. The lowest BCUT2D eigenvalue weighted by molar-refractivity contribution is 0.0605. The number of nitriles is 1. The summed E-state index contributed by atoms with van der Waals surface area (Å²) in [6.07, 6.45) is -0.109. The number of amides is 2. The fourth-order valence-electron chi connectivity index (χ4n) is 4.10. The van der Waals surface area contributed by atoms with Crippen LogP contribution < -0.4 is 9.80 Å². The van der Waals surface area contributed by atoms with Crippen LogP contribution in [0, 0.1) is 23.1 Å². The lowest BCUT2D eigenvalue weighted by Gasteiger charge is -2.34. The van der Waals surface area contributed by atoms with Gasteiger partial charge in [-0.3, -0.25) is 9.80 Å². The molecule has 9 heteroatoms. The molecule has 8 nitrogen and oxygen atoms in total.